The number of hydrogen-bond acceptors (Lipinski definition) is 4. The molecule has 0 aliphatic heterocycles. The van der Waals surface area contributed by atoms with Crippen molar-refractivity contribution in [3.63, 3.8) is 0 Å². The van der Waals surface area contributed by atoms with Gasteiger partial charge >= 0.3 is 6.18 Å². The van der Waals surface area contributed by atoms with Crippen LogP contribution in [0.5, 0.6) is 0 Å². The van der Waals surface area contributed by atoms with Crippen LogP contribution in [0.15, 0.2) is 17.5 Å². The standard InChI is InChI=1S/C11H8ClF3N2OS/c1-5-16-7(4-19-5)9(18)6-2-3-8(11(13,14)15)17-10(6)12/h2-4,9,18H,1H3. The van der Waals surface area contributed by atoms with Crippen LogP contribution >= 0.6 is 22.9 Å². The van der Waals surface area contributed by atoms with Crippen molar-refractivity contribution < 1.29 is 18.3 Å². The van der Waals surface area contributed by atoms with E-state index in [1.165, 1.54) is 11.3 Å². The molecule has 0 radical (unpaired) electrons. The van der Waals surface area contributed by atoms with Gasteiger partial charge in [-0.05, 0) is 13.0 Å². The Kier molecular flexibility index (Phi) is 3.80. The van der Waals surface area contributed by atoms with Gasteiger partial charge in [-0.2, -0.15) is 13.2 Å². The van der Waals surface area contributed by atoms with Crippen LogP contribution in [-0.2, 0) is 6.18 Å². The summed E-state index contributed by atoms with van der Waals surface area (Å²) in [6.45, 7) is 1.76. The molecule has 0 aromatic carbocycles. The highest BCUT2D eigenvalue weighted by Crippen LogP contribution is 2.33. The van der Waals surface area contributed by atoms with E-state index in [-0.39, 0.29) is 10.7 Å². The van der Waals surface area contributed by atoms with Gasteiger partial charge in [0.1, 0.15) is 17.0 Å². The average Bonchev–Trinajstić information content (AvgIpc) is 2.73. The first-order chi connectivity index (χ1) is 8.79. The SMILES string of the molecule is Cc1nc(C(O)c2ccc(C(F)(F)F)nc2Cl)cs1. The van der Waals surface area contributed by atoms with E-state index in [0.29, 0.717) is 5.69 Å². The number of rotatable bonds is 2. The first kappa shape index (κ1) is 14.2. The van der Waals surface area contributed by atoms with Gasteiger partial charge in [0.25, 0.3) is 0 Å². The third kappa shape index (κ3) is 3.05. The molecule has 0 saturated heterocycles. The normalized spacial score (nSPS) is 13.6. The molecular weight excluding hydrogens is 301 g/mol. The molecule has 0 aliphatic rings. The monoisotopic (exact) mass is 308 g/mol. The lowest BCUT2D eigenvalue weighted by Gasteiger charge is -2.12. The first-order valence-electron chi connectivity index (χ1n) is 5.13. The van der Waals surface area contributed by atoms with Gasteiger partial charge in [-0.3, -0.25) is 0 Å². The number of aryl methyl sites for hydroxylation is 1. The summed E-state index contributed by atoms with van der Waals surface area (Å²) in [6, 6.07) is 1.89. The Morgan fingerprint density at radius 2 is 2.00 bits per heavy atom. The summed E-state index contributed by atoms with van der Waals surface area (Å²) in [7, 11) is 0. The Labute approximate surface area is 115 Å². The van der Waals surface area contributed by atoms with Crippen LogP contribution in [0.2, 0.25) is 5.15 Å². The van der Waals surface area contributed by atoms with Crippen molar-refractivity contribution in [2.75, 3.05) is 0 Å². The molecule has 1 unspecified atom stereocenters. The van der Waals surface area contributed by atoms with Crippen molar-refractivity contribution in [3.05, 3.63) is 44.6 Å². The molecule has 2 aromatic heterocycles. The van der Waals surface area contributed by atoms with E-state index >= 15 is 0 Å². The zero-order chi connectivity index (χ0) is 14.2. The maximum Gasteiger partial charge on any atom is 0.433 e. The zero-order valence-electron chi connectivity index (χ0n) is 9.57. The number of thiazole rings is 1. The first-order valence-corrected chi connectivity index (χ1v) is 6.38. The average molecular weight is 309 g/mol. The molecule has 3 nitrogen and oxygen atoms in total. The third-order valence-electron chi connectivity index (χ3n) is 2.38. The van der Waals surface area contributed by atoms with E-state index < -0.39 is 18.0 Å². The fourth-order valence-electron chi connectivity index (χ4n) is 1.47. The molecular formula is C11H8ClF3N2OS. The van der Waals surface area contributed by atoms with Crippen molar-refractivity contribution >= 4 is 22.9 Å². The van der Waals surface area contributed by atoms with Gasteiger partial charge in [-0.15, -0.1) is 11.3 Å². The molecule has 19 heavy (non-hydrogen) atoms. The van der Waals surface area contributed by atoms with Gasteiger partial charge in [-0.1, -0.05) is 17.7 Å². The second-order valence-electron chi connectivity index (χ2n) is 3.77. The van der Waals surface area contributed by atoms with Crippen LogP contribution in [0.3, 0.4) is 0 Å². The van der Waals surface area contributed by atoms with E-state index in [9.17, 15) is 18.3 Å². The smallest absolute Gasteiger partial charge is 0.382 e. The van der Waals surface area contributed by atoms with E-state index in [4.69, 9.17) is 11.6 Å². The molecule has 102 valence electrons. The number of pyridine rings is 1. The lowest BCUT2D eigenvalue weighted by molar-refractivity contribution is -0.141. The van der Waals surface area contributed by atoms with Crippen LogP contribution < -0.4 is 0 Å². The third-order valence-corrected chi connectivity index (χ3v) is 3.47. The molecule has 0 bridgehead atoms. The van der Waals surface area contributed by atoms with Gasteiger partial charge in [-0.25, -0.2) is 9.97 Å². The number of aliphatic hydroxyl groups is 1. The summed E-state index contributed by atoms with van der Waals surface area (Å²) >= 11 is 7.02. The molecule has 2 heterocycles. The summed E-state index contributed by atoms with van der Waals surface area (Å²) in [5, 5.41) is 12.0. The van der Waals surface area contributed by atoms with Gasteiger partial charge in [0.05, 0.1) is 10.7 Å². The lowest BCUT2D eigenvalue weighted by atomic mass is 10.1. The minimum absolute atomic E-state index is 0.0972. The fraction of sp³-hybridized carbons (Fsp3) is 0.273. The molecule has 2 rings (SSSR count). The molecule has 0 saturated carbocycles. The van der Waals surface area contributed by atoms with Crippen LogP contribution in [-0.4, -0.2) is 15.1 Å². The largest absolute Gasteiger partial charge is 0.433 e. The summed E-state index contributed by atoms with van der Waals surface area (Å²) in [6.07, 6.45) is -5.75. The second kappa shape index (κ2) is 5.07. The van der Waals surface area contributed by atoms with Gasteiger partial charge in [0, 0.05) is 10.9 Å². The molecule has 2 aromatic rings. The second-order valence-corrected chi connectivity index (χ2v) is 5.19. The van der Waals surface area contributed by atoms with Gasteiger partial charge < -0.3 is 5.11 Å². The number of alkyl halides is 3. The van der Waals surface area contributed by atoms with E-state index in [1.54, 1.807) is 12.3 Å². The summed E-state index contributed by atoms with van der Waals surface area (Å²) in [5.74, 6) is 0. The lowest BCUT2D eigenvalue weighted by Crippen LogP contribution is -2.10. The minimum atomic E-state index is -4.57. The van der Waals surface area contributed by atoms with Gasteiger partial charge in [0.2, 0.25) is 0 Å². The number of aromatic nitrogens is 2. The minimum Gasteiger partial charge on any atom is -0.382 e. The van der Waals surface area contributed by atoms with Crippen molar-refractivity contribution in [2.24, 2.45) is 0 Å². The summed E-state index contributed by atoms with van der Waals surface area (Å²) in [4.78, 5) is 7.31. The number of aliphatic hydroxyl groups excluding tert-OH is 1. The Bertz CT molecular complexity index is 600. The zero-order valence-corrected chi connectivity index (χ0v) is 11.1. The van der Waals surface area contributed by atoms with Crippen molar-refractivity contribution in [2.45, 2.75) is 19.2 Å². The molecule has 1 atom stereocenters. The predicted molar refractivity (Wildman–Crippen MR) is 65.2 cm³/mol. The Hall–Kier alpha value is -1.18. The molecule has 0 fully saturated rings. The van der Waals surface area contributed by atoms with E-state index in [0.717, 1.165) is 17.1 Å². The molecule has 0 aliphatic carbocycles. The highest BCUT2D eigenvalue weighted by atomic mass is 35.5. The Balaban J connectivity index is 2.36. The van der Waals surface area contributed by atoms with Crippen LogP contribution in [0.25, 0.3) is 0 Å². The topological polar surface area (TPSA) is 46.0 Å². The van der Waals surface area contributed by atoms with Crippen molar-refractivity contribution in [1.82, 2.24) is 9.97 Å². The molecule has 0 amide bonds. The molecule has 8 heteroatoms. The quantitative estimate of drug-likeness (QED) is 0.862. The maximum absolute atomic E-state index is 12.4. The fourth-order valence-corrected chi connectivity index (χ4v) is 2.36. The van der Waals surface area contributed by atoms with Crippen LogP contribution in [0.4, 0.5) is 13.2 Å². The summed E-state index contributed by atoms with van der Waals surface area (Å²) in [5.41, 5.74) is -0.658. The Morgan fingerprint density at radius 3 is 2.47 bits per heavy atom. The van der Waals surface area contributed by atoms with Crippen LogP contribution in [0.1, 0.15) is 28.1 Å². The summed E-state index contributed by atoms with van der Waals surface area (Å²) < 4.78 is 37.3. The number of nitrogens with zero attached hydrogens (tertiary/aromatic N) is 2. The highest BCUT2D eigenvalue weighted by molar-refractivity contribution is 7.09. The van der Waals surface area contributed by atoms with E-state index in [2.05, 4.69) is 9.97 Å². The number of hydrogen-bond donors (Lipinski definition) is 1. The maximum atomic E-state index is 12.4. The molecule has 0 spiro atoms. The van der Waals surface area contributed by atoms with Crippen LogP contribution in [0, 0.1) is 6.92 Å². The van der Waals surface area contributed by atoms with Crippen molar-refractivity contribution in [1.29, 1.82) is 0 Å². The highest BCUT2D eigenvalue weighted by Gasteiger charge is 2.33. The van der Waals surface area contributed by atoms with Gasteiger partial charge in [0.15, 0.2) is 0 Å². The number of halogens is 4. The van der Waals surface area contributed by atoms with Crippen molar-refractivity contribution in [3.8, 4) is 0 Å². The van der Waals surface area contributed by atoms with E-state index in [1.807, 2.05) is 0 Å². The Morgan fingerprint density at radius 1 is 1.32 bits per heavy atom. The predicted octanol–water partition coefficient (Wildman–Crippen LogP) is 3.60. The molecule has 1 N–H and O–H groups in total.